The molecule has 0 aliphatic carbocycles. The van der Waals surface area contributed by atoms with Gasteiger partial charge in [0.25, 0.3) is 0 Å². The molecule has 3 aliphatic rings. The summed E-state index contributed by atoms with van der Waals surface area (Å²) in [6.07, 6.45) is 1.06. The van der Waals surface area contributed by atoms with Gasteiger partial charge in [-0.3, -0.25) is 0 Å². The SMILES string of the molecule is CCOc1ccc(N2C[C@H]3CN(C(=O)NCCS(=O)(=O)CCN)C[C@@H]2C(C)(C)C3)cc1. The summed E-state index contributed by atoms with van der Waals surface area (Å²) in [7, 11) is -3.22. The minimum Gasteiger partial charge on any atom is -0.494 e. The van der Waals surface area contributed by atoms with Gasteiger partial charge >= 0.3 is 6.03 Å². The van der Waals surface area contributed by atoms with Crippen LogP contribution in [-0.4, -0.2) is 76.2 Å². The summed E-state index contributed by atoms with van der Waals surface area (Å²) < 4.78 is 29.3. The third-order valence-corrected chi connectivity index (χ3v) is 7.99. The molecule has 3 saturated heterocycles. The second kappa shape index (κ2) is 9.65. The lowest BCUT2D eigenvalue weighted by Gasteiger charge is -2.48. The van der Waals surface area contributed by atoms with Gasteiger partial charge in [0.1, 0.15) is 5.75 Å². The van der Waals surface area contributed by atoms with E-state index in [-0.39, 0.29) is 42.1 Å². The number of nitrogens with one attached hydrogen (secondary N) is 1. The summed E-state index contributed by atoms with van der Waals surface area (Å²) in [5.41, 5.74) is 6.54. The Kier molecular flexibility index (Phi) is 7.36. The quantitative estimate of drug-likeness (QED) is 0.622. The Hall–Kier alpha value is -2.00. The van der Waals surface area contributed by atoms with Gasteiger partial charge in [-0.2, -0.15) is 0 Å². The molecular weight excluding hydrogens is 416 g/mol. The zero-order valence-corrected chi connectivity index (χ0v) is 19.7. The van der Waals surface area contributed by atoms with Crippen LogP contribution in [-0.2, 0) is 9.84 Å². The lowest BCUT2D eigenvalue weighted by Crippen LogP contribution is -2.54. The molecule has 3 fully saturated rings. The van der Waals surface area contributed by atoms with Gasteiger partial charge in [-0.25, -0.2) is 13.2 Å². The van der Waals surface area contributed by atoms with E-state index >= 15 is 0 Å². The highest BCUT2D eigenvalue weighted by Gasteiger charge is 2.46. The van der Waals surface area contributed by atoms with Gasteiger partial charge in [0.2, 0.25) is 0 Å². The van der Waals surface area contributed by atoms with E-state index in [0.717, 1.165) is 24.4 Å². The first-order chi connectivity index (χ1) is 14.6. The smallest absolute Gasteiger partial charge is 0.317 e. The van der Waals surface area contributed by atoms with E-state index in [4.69, 9.17) is 10.5 Å². The van der Waals surface area contributed by atoms with Crippen molar-refractivity contribution in [1.29, 1.82) is 0 Å². The summed E-state index contributed by atoms with van der Waals surface area (Å²) in [6.45, 7) is 9.54. The first-order valence-electron chi connectivity index (χ1n) is 11.1. The number of amides is 2. The monoisotopic (exact) mass is 452 g/mol. The van der Waals surface area contributed by atoms with Crippen LogP contribution in [0.2, 0.25) is 0 Å². The van der Waals surface area contributed by atoms with Crippen LogP contribution < -0.4 is 20.7 Å². The molecular formula is C22H36N4O4S. The van der Waals surface area contributed by atoms with Gasteiger partial charge in [0.05, 0.1) is 24.2 Å². The fourth-order valence-electron chi connectivity index (χ4n) is 4.89. The standard InChI is InChI=1S/C22H36N4O4S/c1-4-30-19-7-5-18(6-8-19)26-15-17-13-22(2,3)20(26)16-25(14-17)21(27)24-10-12-31(28,29)11-9-23/h5-8,17,20H,4,9-16,23H2,1-3H3,(H,24,27)/t17-,20-/m1/s1. The molecule has 0 unspecified atom stereocenters. The number of nitrogens with zero attached hydrogens (tertiary/aromatic N) is 2. The summed E-state index contributed by atoms with van der Waals surface area (Å²) in [4.78, 5) is 17.1. The number of carbonyl (C=O) groups is 1. The van der Waals surface area contributed by atoms with Crippen molar-refractivity contribution in [3.8, 4) is 5.75 Å². The molecule has 0 spiro atoms. The second-order valence-electron chi connectivity index (χ2n) is 9.23. The van der Waals surface area contributed by atoms with Crippen LogP contribution in [0.3, 0.4) is 0 Å². The van der Waals surface area contributed by atoms with Gasteiger partial charge in [-0.05, 0) is 48.9 Å². The Bertz CT molecular complexity index is 857. The molecule has 174 valence electrons. The second-order valence-corrected chi connectivity index (χ2v) is 11.5. The number of hydrogen-bond acceptors (Lipinski definition) is 6. The van der Waals surface area contributed by atoms with E-state index < -0.39 is 9.84 Å². The maximum atomic E-state index is 12.8. The van der Waals surface area contributed by atoms with Gasteiger partial charge < -0.3 is 25.6 Å². The molecule has 1 aromatic carbocycles. The van der Waals surface area contributed by atoms with Crippen LogP contribution in [0.25, 0.3) is 0 Å². The molecule has 2 bridgehead atoms. The van der Waals surface area contributed by atoms with Crippen molar-refractivity contribution < 1.29 is 17.9 Å². The van der Waals surface area contributed by atoms with E-state index in [2.05, 4.69) is 36.2 Å². The van der Waals surface area contributed by atoms with Crippen LogP contribution in [0, 0.1) is 11.3 Å². The number of sulfone groups is 1. The number of rotatable bonds is 8. The van der Waals surface area contributed by atoms with Crippen molar-refractivity contribution in [2.75, 3.05) is 55.7 Å². The molecule has 2 amide bonds. The van der Waals surface area contributed by atoms with Crippen molar-refractivity contribution in [3.05, 3.63) is 24.3 Å². The summed E-state index contributed by atoms with van der Waals surface area (Å²) >= 11 is 0. The first kappa shape index (κ1) is 23.7. The van der Waals surface area contributed by atoms with Crippen LogP contribution in [0.5, 0.6) is 5.75 Å². The fraction of sp³-hybridized carbons (Fsp3) is 0.682. The zero-order chi connectivity index (χ0) is 22.6. The third kappa shape index (κ3) is 5.83. The first-order valence-corrected chi connectivity index (χ1v) is 12.9. The van der Waals surface area contributed by atoms with Crippen LogP contribution in [0.1, 0.15) is 27.2 Å². The van der Waals surface area contributed by atoms with Crippen molar-refractivity contribution >= 4 is 21.6 Å². The maximum absolute atomic E-state index is 12.8. The zero-order valence-electron chi connectivity index (χ0n) is 18.8. The number of carbonyl (C=O) groups excluding carboxylic acids is 1. The van der Waals surface area contributed by atoms with Crippen molar-refractivity contribution in [1.82, 2.24) is 10.2 Å². The summed E-state index contributed by atoms with van der Waals surface area (Å²) in [5.74, 6) is 1.07. The topological polar surface area (TPSA) is 105 Å². The van der Waals surface area contributed by atoms with Crippen LogP contribution in [0.15, 0.2) is 24.3 Å². The lowest BCUT2D eigenvalue weighted by molar-refractivity contribution is 0.187. The number of fused-ring (bicyclic) bond motifs is 4. The number of urea groups is 1. The number of hydrogen-bond donors (Lipinski definition) is 2. The predicted molar refractivity (Wildman–Crippen MR) is 123 cm³/mol. The molecule has 3 aliphatic heterocycles. The number of nitrogens with two attached hydrogens (primary N) is 1. The number of piperidine rings is 1. The molecule has 0 radical (unpaired) electrons. The number of ether oxygens (including phenoxy) is 1. The highest BCUT2D eigenvalue weighted by Crippen LogP contribution is 2.43. The van der Waals surface area contributed by atoms with Crippen LogP contribution >= 0.6 is 0 Å². The molecule has 1 aromatic rings. The Morgan fingerprint density at radius 1 is 1.19 bits per heavy atom. The van der Waals surface area contributed by atoms with E-state index in [9.17, 15) is 13.2 Å². The molecule has 8 nitrogen and oxygen atoms in total. The van der Waals surface area contributed by atoms with Gasteiger partial charge in [-0.1, -0.05) is 13.8 Å². The minimum atomic E-state index is -3.22. The van der Waals surface area contributed by atoms with E-state index in [1.54, 1.807) is 0 Å². The molecule has 3 heterocycles. The normalized spacial score (nSPS) is 22.8. The van der Waals surface area contributed by atoms with Gasteiger partial charge in [0.15, 0.2) is 9.84 Å². The highest BCUT2D eigenvalue weighted by atomic mass is 32.2. The average molecular weight is 453 g/mol. The Morgan fingerprint density at radius 2 is 1.90 bits per heavy atom. The molecule has 3 N–H and O–H groups in total. The van der Waals surface area contributed by atoms with E-state index in [1.165, 1.54) is 0 Å². The number of benzene rings is 1. The largest absolute Gasteiger partial charge is 0.494 e. The average Bonchev–Trinajstić information content (AvgIpc) is 2.96. The number of anilines is 1. The van der Waals surface area contributed by atoms with Gasteiger partial charge in [-0.15, -0.1) is 0 Å². The molecule has 0 aromatic heterocycles. The third-order valence-electron chi connectivity index (χ3n) is 6.30. The molecule has 2 atom stereocenters. The molecule has 31 heavy (non-hydrogen) atoms. The van der Waals surface area contributed by atoms with Gasteiger partial charge in [0, 0.05) is 38.4 Å². The lowest BCUT2D eigenvalue weighted by atomic mass is 9.73. The Balaban J connectivity index is 1.69. The Labute approximate surface area is 186 Å². The van der Waals surface area contributed by atoms with Crippen molar-refractivity contribution in [2.24, 2.45) is 17.1 Å². The predicted octanol–water partition coefficient (Wildman–Crippen LogP) is 1.71. The summed E-state index contributed by atoms with van der Waals surface area (Å²) in [5, 5.41) is 2.80. The molecule has 4 rings (SSSR count). The fourth-order valence-corrected chi connectivity index (χ4v) is 5.87. The summed E-state index contributed by atoms with van der Waals surface area (Å²) in [6, 6.07) is 8.16. The Morgan fingerprint density at radius 3 is 2.55 bits per heavy atom. The van der Waals surface area contributed by atoms with E-state index in [1.807, 2.05) is 24.0 Å². The van der Waals surface area contributed by atoms with Crippen molar-refractivity contribution in [3.63, 3.8) is 0 Å². The van der Waals surface area contributed by atoms with Crippen molar-refractivity contribution in [2.45, 2.75) is 33.2 Å². The molecule has 0 saturated carbocycles. The molecule has 9 heteroatoms. The maximum Gasteiger partial charge on any atom is 0.317 e. The van der Waals surface area contributed by atoms with E-state index in [0.29, 0.717) is 25.6 Å². The van der Waals surface area contributed by atoms with Crippen LogP contribution in [0.4, 0.5) is 10.5 Å². The minimum absolute atomic E-state index is 0.0536. The highest BCUT2D eigenvalue weighted by molar-refractivity contribution is 7.91.